The fourth-order valence-electron chi connectivity index (χ4n) is 0.490. The first-order chi connectivity index (χ1) is 2.80. The minimum absolute atomic E-state index is 0.833. The van der Waals surface area contributed by atoms with Crippen molar-refractivity contribution in [1.82, 2.24) is 0 Å². The topological polar surface area (TPSA) is 0 Å². The summed E-state index contributed by atoms with van der Waals surface area (Å²) in [5.74, 6) is 0. The number of hydrogen-bond acceptors (Lipinski definition) is 1. The molecule has 0 N–H and O–H groups in total. The van der Waals surface area contributed by atoms with Crippen molar-refractivity contribution >= 4 is 23.7 Å². The molecule has 0 bridgehead atoms. The summed E-state index contributed by atoms with van der Waals surface area (Å²) in [7, 11) is 0. The molecule has 1 heterocycles. The van der Waals surface area contributed by atoms with E-state index in [2.05, 4.69) is 0 Å². The fourth-order valence-corrected chi connectivity index (χ4v) is 0.726. The zero-order valence-electron chi connectivity index (χ0n) is 3.90. The first-order valence-corrected chi connectivity index (χ1v) is 2.72. The van der Waals surface area contributed by atoms with Gasteiger partial charge in [-0.3, -0.25) is 0 Å². The molecule has 0 aliphatic carbocycles. The van der Waals surface area contributed by atoms with Gasteiger partial charge in [-0.15, -0.1) is 12.2 Å². The van der Waals surface area contributed by atoms with E-state index >= 15 is 0 Å². The van der Waals surface area contributed by atoms with Crippen molar-refractivity contribution in [3.05, 3.63) is 0 Å². The molecule has 2 heteroatoms. The summed E-state index contributed by atoms with van der Waals surface area (Å²) >= 11 is 4.88. The van der Waals surface area contributed by atoms with E-state index in [4.69, 9.17) is 12.2 Å². The third-order valence-corrected chi connectivity index (χ3v) is 1.49. The molecule has 1 aliphatic rings. The molecule has 0 aromatic heterocycles. The summed E-state index contributed by atoms with van der Waals surface area (Å²) in [6.45, 7) is 2.87. The minimum Gasteiger partial charge on any atom is -0.101 e. The fraction of sp³-hybridized carbons (Fsp3) is 0.750. The van der Waals surface area contributed by atoms with E-state index in [9.17, 15) is 0 Å². The van der Waals surface area contributed by atoms with Crippen LogP contribution in [0, 0.1) is 0 Å². The number of hydrogen-bond donors (Lipinski definition) is 0. The van der Waals surface area contributed by atoms with Crippen molar-refractivity contribution in [2.24, 2.45) is 0 Å². The van der Waals surface area contributed by atoms with Crippen LogP contribution in [0.4, 0.5) is 0 Å². The second-order valence-corrected chi connectivity index (χ2v) is 2.53. The van der Waals surface area contributed by atoms with Crippen LogP contribution in [0.25, 0.3) is 0 Å². The van der Waals surface area contributed by atoms with E-state index in [0.29, 0.717) is 0 Å². The van der Waals surface area contributed by atoms with E-state index < -0.39 is 0 Å². The Hall–Kier alpha value is 0.155. The largest absolute Gasteiger partial charge is 0.183 e. The zero-order valence-corrected chi connectivity index (χ0v) is 4.72. The van der Waals surface area contributed by atoms with Crippen molar-refractivity contribution in [1.29, 1.82) is 0 Å². The third-order valence-electron chi connectivity index (χ3n) is 1.15. The van der Waals surface area contributed by atoms with Crippen LogP contribution in [0.1, 0.15) is 6.92 Å². The average Bonchev–Trinajstić information content (AvgIpc) is 2.06. The Morgan fingerprint density at radius 1 is 1.67 bits per heavy atom. The highest BCUT2D eigenvalue weighted by Crippen LogP contribution is 2.22. The van der Waals surface area contributed by atoms with Gasteiger partial charge in [-0.1, -0.05) is 12.6 Å². The SMILES string of the molecule is CC(=S)B1CC1. The lowest BCUT2D eigenvalue weighted by atomic mass is 9.68. The lowest BCUT2D eigenvalue weighted by Gasteiger charge is -1.76. The molecule has 0 spiro atoms. The van der Waals surface area contributed by atoms with E-state index in [1.807, 2.05) is 6.92 Å². The minimum atomic E-state index is 0.833. The number of thiocarbonyl (C=S) groups is 1. The van der Waals surface area contributed by atoms with Crippen molar-refractivity contribution in [2.75, 3.05) is 0 Å². The van der Waals surface area contributed by atoms with Crippen LogP contribution in [-0.2, 0) is 0 Å². The predicted octanol–water partition coefficient (Wildman–Crippen LogP) is 1.42. The van der Waals surface area contributed by atoms with Crippen molar-refractivity contribution in [3.8, 4) is 0 Å². The summed E-state index contributed by atoms with van der Waals surface area (Å²) in [5, 5.41) is 0. The molecule has 0 radical (unpaired) electrons. The monoisotopic (exact) mass is 98.0 g/mol. The Morgan fingerprint density at radius 3 is 2.17 bits per heavy atom. The molecule has 1 fully saturated rings. The molecule has 0 nitrogen and oxygen atoms in total. The highest BCUT2D eigenvalue weighted by Gasteiger charge is 2.27. The Kier molecular flexibility index (Phi) is 0.963. The lowest BCUT2D eigenvalue weighted by Crippen LogP contribution is -1.97. The van der Waals surface area contributed by atoms with Crippen LogP contribution in [0.3, 0.4) is 0 Å². The van der Waals surface area contributed by atoms with Crippen molar-refractivity contribution in [3.63, 3.8) is 0 Å². The molecule has 0 aromatic carbocycles. The number of rotatable bonds is 1. The summed E-state index contributed by atoms with van der Waals surface area (Å²) < 4.78 is 1.20. The lowest BCUT2D eigenvalue weighted by molar-refractivity contribution is 1.69. The summed E-state index contributed by atoms with van der Waals surface area (Å²) in [5.41, 5.74) is 0. The third kappa shape index (κ3) is 0.808. The Morgan fingerprint density at radius 2 is 2.17 bits per heavy atom. The maximum atomic E-state index is 4.88. The van der Waals surface area contributed by atoms with Crippen molar-refractivity contribution < 1.29 is 0 Å². The van der Waals surface area contributed by atoms with Crippen molar-refractivity contribution in [2.45, 2.75) is 19.6 Å². The molecular weight excluding hydrogens is 90.9 g/mol. The predicted molar refractivity (Wildman–Crippen MR) is 33.6 cm³/mol. The highest BCUT2D eigenvalue weighted by molar-refractivity contribution is 7.84. The first kappa shape index (κ1) is 4.32. The van der Waals surface area contributed by atoms with Gasteiger partial charge in [-0.2, -0.15) is 0 Å². The van der Waals surface area contributed by atoms with Gasteiger partial charge in [0.15, 0.2) is 6.71 Å². The van der Waals surface area contributed by atoms with Crippen LogP contribution < -0.4 is 0 Å². The van der Waals surface area contributed by atoms with E-state index in [1.165, 1.54) is 17.4 Å². The smallest absolute Gasteiger partial charge is 0.101 e. The Bertz CT molecular complexity index is 75.6. The summed E-state index contributed by atoms with van der Waals surface area (Å²) in [6.07, 6.45) is 2.71. The maximum absolute atomic E-state index is 4.88. The molecule has 0 saturated carbocycles. The quantitative estimate of drug-likeness (QED) is 0.353. The van der Waals surface area contributed by atoms with E-state index in [0.717, 1.165) is 6.71 Å². The summed E-state index contributed by atoms with van der Waals surface area (Å²) in [6, 6.07) is 0. The molecule has 0 amide bonds. The van der Waals surface area contributed by atoms with E-state index in [1.54, 1.807) is 0 Å². The molecule has 0 atom stereocenters. The van der Waals surface area contributed by atoms with Gasteiger partial charge in [0.1, 0.15) is 0 Å². The molecular formula is C4H7BS. The average molecular weight is 98.0 g/mol. The van der Waals surface area contributed by atoms with Gasteiger partial charge in [-0.05, 0) is 11.7 Å². The second-order valence-electron chi connectivity index (χ2n) is 1.88. The van der Waals surface area contributed by atoms with Crippen LogP contribution in [0.5, 0.6) is 0 Å². The molecule has 1 aliphatic heterocycles. The standard InChI is InChI=1S/C4H7BS/c1-4(6)5-2-3-5/h2-3H2,1H3. The van der Waals surface area contributed by atoms with E-state index in [-0.39, 0.29) is 0 Å². The van der Waals surface area contributed by atoms with Gasteiger partial charge >= 0.3 is 0 Å². The van der Waals surface area contributed by atoms with Gasteiger partial charge < -0.3 is 0 Å². The van der Waals surface area contributed by atoms with Gasteiger partial charge in [0, 0.05) is 0 Å². The molecule has 1 rings (SSSR count). The molecule has 32 valence electrons. The maximum Gasteiger partial charge on any atom is 0.183 e. The van der Waals surface area contributed by atoms with Crippen LogP contribution >= 0.6 is 12.2 Å². The molecule has 1 saturated heterocycles. The summed E-state index contributed by atoms with van der Waals surface area (Å²) in [4.78, 5) is 0. The van der Waals surface area contributed by atoms with Gasteiger partial charge in [0.05, 0.1) is 0 Å². The zero-order chi connectivity index (χ0) is 4.57. The highest BCUT2D eigenvalue weighted by atomic mass is 32.1. The van der Waals surface area contributed by atoms with Gasteiger partial charge in [-0.25, -0.2) is 0 Å². The van der Waals surface area contributed by atoms with Gasteiger partial charge in [0.2, 0.25) is 0 Å². The normalized spacial score (nSPS) is 17.8. The Labute approximate surface area is 44.0 Å². The first-order valence-electron chi connectivity index (χ1n) is 2.31. The second kappa shape index (κ2) is 1.34. The van der Waals surface area contributed by atoms with Crippen LogP contribution in [-0.4, -0.2) is 11.5 Å². The van der Waals surface area contributed by atoms with Crippen LogP contribution in [0.2, 0.25) is 12.6 Å². The molecule has 6 heavy (non-hydrogen) atoms. The van der Waals surface area contributed by atoms with Crippen LogP contribution in [0.15, 0.2) is 0 Å². The Balaban J connectivity index is 2.31. The van der Waals surface area contributed by atoms with Gasteiger partial charge in [0.25, 0.3) is 0 Å². The molecule has 0 aromatic rings. The molecule has 0 unspecified atom stereocenters.